The Bertz CT molecular complexity index is 583. The fourth-order valence-electron chi connectivity index (χ4n) is 2.01. The molecule has 20 heavy (non-hydrogen) atoms. The van der Waals surface area contributed by atoms with Crippen molar-refractivity contribution >= 4 is 0 Å². The van der Waals surface area contributed by atoms with Gasteiger partial charge in [0.05, 0.1) is 0 Å². The Labute approximate surface area is 119 Å². The van der Waals surface area contributed by atoms with Gasteiger partial charge in [0, 0.05) is 6.04 Å². The largest absolute Gasteiger partial charge is 0.457 e. The summed E-state index contributed by atoms with van der Waals surface area (Å²) < 4.78 is 19.1. The number of benzene rings is 2. The Morgan fingerprint density at radius 3 is 2.65 bits per heavy atom. The van der Waals surface area contributed by atoms with Crippen molar-refractivity contribution in [3.8, 4) is 11.5 Å². The summed E-state index contributed by atoms with van der Waals surface area (Å²) in [6.07, 6.45) is 1.69. The highest BCUT2D eigenvalue weighted by Gasteiger charge is 2.09. The second-order valence-corrected chi connectivity index (χ2v) is 4.99. The van der Waals surface area contributed by atoms with Crippen molar-refractivity contribution in [1.29, 1.82) is 0 Å². The van der Waals surface area contributed by atoms with E-state index in [1.807, 2.05) is 24.3 Å². The molecule has 106 valence electrons. The standard InChI is InChI=1S/C17H20FNO/c1-3-14(19)11-13-6-4-5-7-17(13)20-15-8-9-16(18)12(2)10-15/h4-10,14H,3,11,19H2,1-2H3. The first-order valence-corrected chi connectivity index (χ1v) is 6.87. The lowest BCUT2D eigenvalue weighted by molar-refractivity contribution is 0.469. The Balaban J connectivity index is 2.22. The van der Waals surface area contributed by atoms with Crippen molar-refractivity contribution in [2.75, 3.05) is 0 Å². The number of aryl methyl sites for hydroxylation is 1. The van der Waals surface area contributed by atoms with Crippen LogP contribution in [-0.4, -0.2) is 6.04 Å². The first kappa shape index (κ1) is 14.5. The van der Waals surface area contributed by atoms with E-state index in [-0.39, 0.29) is 11.9 Å². The molecule has 0 amide bonds. The summed E-state index contributed by atoms with van der Waals surface area (Å²) >= 11 is 0. The van der Waals surface area contributed by atoms with Gasteiger partial charge >= 0.3 is 0 Å². The first-order valence-electron chi connectivity index (χ1n) is 6.87. The molecule has 0 aliphatic rings. The van der Waals surface area contributed by atoms with Gasteiger partial charge in [-0.25, -0.2) is 4.39 Å². The molecule has 2 rings (SSSR count). The zero-order chi connectivity index (χ0) is 14.5. The van der Waals surface area contributed by atoms with Gasteiger partial charge in [-0.2, -0.15) is 0 Å². The third kappa shape index (κ3) is 3.58. The lowest BCUT2D eigenvalue weighted by Gasteiger charge is -2.14. The van der Waals surface area contributed by atoms with E-state index in [2.05, 4.69) is 6.92 Å². The van der Waals surface area contributed by atoms with Gasteiger partial charge in [0.25, 0.3) is 0 Å². The number of ether oxygens (including phenoxy) is 1. The van der Waals surface area contributed by atoms with E-state index >= 15 is 0 Å². The van der Waals surface area contributed by atoms with Gasteiger partial charge in [-0.05, 0) is 55.2 Å². The Morgan fingerprint density at radius 2 is 1.95 bits per heavy atom. The minimum atomic E-state index is -0.223. The van der Waals surface area contributed by atoms with Crippen molar-refractivity contribution in [3.05, 3.63) is 59.4 Å². The Kier molecular flexibility index (Phi) is 4.74. The van der Waals surface area contributed by atoms with E-state index in [4.69, 9.17) is 10.5 Å². The molecule has 0 spiro atoms. The van der Waals surface area contributed by atoms with Crippen molar-refractivity contribution in [2.45, 2.75) is 32.7 Å². The number of para-hydroxylation sites is 1. The third-order valence-corrected chi connectivity index (χ3v) is 3.34. The van der Waals surface area contributed by atoms with E-state index in [0.29, 0.717) is 11.3 Å². The summed E-state index contributed by atoms with van der Waals surface area (Å²) in [4.78, 5) is 0. The van der Waals surface area contributed by atoms with Crippen molar-refractivity contribution in [2.24, 2.45) is 5.73 Å². The molecule has 0 aromatic heterocycles. The molecule has 0 aliphatic heterocycles. The van der Waals surface area contributed by atoms with E-state index in [1.165, 1.54) is 6.07 Å². The molecule has 0 heterocycles. The van der Waals surface area contributed by atoms with Gasteiger partial charge in [0.15, 0.2) is 0 Å². The van der Waals surface area contributed by atoms with Crippen LogP contribution >= 0.6 is 0 Å². The SMILES string of the molecule is CCC(N)Cc1ccccc1Oc1ccc(F)c(C)c1. The summed E-state index contributed by atoms with van der Waals surface area (Å²) in [5, 5.41) is 0. The van der Waals surface area contributed by atoms with E-state index in [0.717, 1.165) is 24.2 Å². The highest BCUT2D eigenvalue weighted by atomic mass is 19.1. The summed E-state index contributed by atoms with van der Waals surface area (Å²) in [5.41, 5.74) is 7.65. The second kappa shape index (κ2) is 6.53. The minimum Gasteiger partial charge on any atom is -0.457 e. The van der Waals surface area contributed by atoms with E-state index < -0.39 is 0 Å². The highest BCUT2D eigenvalue weighted by Crippen LogP contribution is 2.27. The van der Waals surface area contributed by atoms with E-state index in [9.17, 15) is 4.39 Å². The monoisotopic (exact) mass is 273 g/mol. The molecule has 0 fully saturated rings. The topological polar surface area (TPSA) is 35.2 Å². The predicted octanol–water partition coefficient (Wildman–Crippen LogP) is 4.21. The number of rotatable bonds is 5. The maximum Gasteiger partial charge on any atom is 0.130 e. The molecular weight excluding hydrogens is 253 g/mol. The van der Waals surface area contributed by atoms with Crippen molar-refractivity contribution in [1.82, 2.24) is 0 Å². The molecule has 1 unspecified atom stereocenters. The molecule has 3 heteroatoms. The van der Waals surface area contributed by atoms with Crippen LogP contribution in [0.5, 0.6) is 11.5 Å². The summed E-state index contributed by atoms with van der Waals surface area (Å²) in [6.45, 7) is 3.79. The maximum absolute atomic E-state index is 13.3. The number of nitrogens with two attached hydrogens (primary N) is 1. The van der Waals surface area contributed by atoms with Crippen LogP contribution in [0.3, 0.4) is 0 Å². The second-order valence-electron chi connectivity index (χ2n) is 4.99. The molecule has 0 saturated carbocycles. The molecule has 2 aromatic rings. The summed E-state index contributed by atoms with van der Waals surface area (Å²) in [7, 11) is 0. The van der Waals surface area contributed by atoms with Crippen LogP contribution in [0, 0.1) is 12.7 Å². The number of halogens is 1. The van der Waals surface area contributed by atoms with Crippen molar-refractivity contribution < 1.29 is 9.13 Å². The molecule has 0 saturated heterocycles. The Hall–Kier alpha value is -1.87. The van der Waals surface area contributed by atoms with Crippen LogP contribution in [0.1, 0.15) is 24.5 Å². The lowest BCUT2D eigenvalue weighted by Crippen LogP contribution is -2.21. The minimum absolute atomic E-state index is 0.120. The van der Waals surface area contributed by atoms with Gasteiger partial charge in [-0.15, -0.1) is 0 Å². The van der Waals surface area contributed by atoms with Crippen LogP contribution in [0.2, 0.25) is 0 Å². The average Bonchev–Trinajstić information content (AvgIpc) is 2.45. The molecule has 2 nitrogen and oxygen atoms in total. The molecule has 0 aliphatic carbocycles. The molecular formula is C17H20FNO. The highest BCUT2D eigenvalue weighted by molar-refractivity contribution is 5.39. The van der Waals surface area contributed by atoms with Crippen LogP contribution < -0.4 is 10.5 Å². The zero-order valence-electron chi connectivity index (χ0n) is 11.9. The van der Waals surface area contributed by atoms with E-state index in [1.54, 1.807) is 19.1 Å². The zero-order valence-corrected chi connectivity index (χ0v) is 11.9. The summed E-state index contributed by atoms with van der Waals surface area (Å²) in [6, 6.07) is 12.7. The van der Waals surface area contributed by atoms with Crippen LogP contribution in [0.15, 0.2) is 42.5 Å². The first-order chi connectivity index (χ1) is 9.60. The van der Waals surface area contributed by atoms with Gasteiger partial charge in [-0.3, -0.25) is 0 Å². The fourth-order valence-corrected chi connectivity index (χ4v) is 2.01. The molecule has 2 aromatic carbocycles. The van der Waals surface area contributed by atoms with Gasteiger partial charge in [0.2, 0.25) is 0 Å². The van der Waals surface area contributed by atoms with Gasteiger partial charge in [-0.1, -0.05) is 25.1 Å². The quantitative estimate of drug-likeness (QED) is 0.885. The third-order valence-electron chi connectivity index (χ3n) is 3.34. The maximum atomic E-state index is 13.3. The van der Waals surface area contributed by atoms with Gasteiger partial charge in [0.1, 0.15) is 17.3 Å². The van der Waals surface area contributed by atoms with Gasteiger partial charge < -0.3 is 10.5 Å². The average molecular weight is 273 g/mol. The molecule has 0 bridgehead atoms. The smallest absolute Gasteiger partial charge is 0.130 e. The number of hydrogen-bond acceptors (Lipinski definition) is 2. The fraction of sp³-hybridized carbons (Fsp3) is 0.294. The lowest BCUT2D eigenvalue weighted by atomic mass is 10.0. The number of hydrogen-bond donors (Lipinski definition) is 1. The van der Waals surface area contributed by atoms with Crippen LogP contribution in [-0.2, 0) is 6.42 Å². The van der Waals surface area contributed by atoms with Crippen LogP contribution in [0.4, 0.5) is 4.39 Å². The summed E-state index contributed by atoms with van der Waals surface area (Å²) in [5.74, 6) is 1.20. The normalized spacial score (nSPS) is 12.2. The predicted molar refractivity (Wildman–Crippen MR) is 79.6 cm³/mol. The molecule has 1 atom stereocenters. The van der Waals surface area contributed by atoms with Crippen LogP contribution in [0.25, 0.3) is 0 Å². The Morgan fingerprint density at radius 1 is 1.20 bits per heavy atom. The molecule has 0 radical (unpaired) electrons. The molecule has 2 N–H and O–H groups in total. The van der Waals surface area contributed by atoms with Crippen molar-refractivity contribution in [3.63, 3.8) is 0 Å².